The van der Waals surface area contributed by atoms with Gasteiger partial charge in [-0.2, -0.15) is 0 Å². The van der Waals surface area contributed by atoms with Crippen molar-refractivity contribution in [2.45, 2.75) is 51.4 Å². The minimum absolute atomic E-state index is 0.192. The van der Waals surface area contributed by atoms with E-state index >= 15 is 0 Å². The third-order valence-electron chi connectivity index (χ3n) is 6.27. The Morgan fingerprint density at radius 1 is 0.842 bits per heavy atom. The van der Waals surface area contributed by atoms with Crippen molar-refractivity contribution < 1.29 is 9.59 Å². The van der Waals surface area contributed by atoms with Crippen LogP contribution in [0.4, 0.5) is 0 Å². The molecule has 0 radical (unpaired) electrons. The van der Waals surface area contributed by atoms with Crippen molar-refractivity contribution in [2.75, 3.05) is 0 Å². The molecule has 0 spiro atoms. The molecule has 4 rings (SSSR count). The first-order chi connectivity index (χ1) is 9.25. The zero-order valence-electron chi connectivity index (χ0n) is 11.4. The van der Waals surface area contributed by atoms with Gasteiger partial charge in [0.15, 0.2) is 5.78 Å². The maximum absolute atomic E-state index is 12.5. The Balaban J connectivity index is 1.70. The quantitative estimate of drug-likeness (QED) is 0.668. The molecule has 0 aromatic rings. The van der Waals surface area contributed by atoms with Crippen LogP contribution in [0.3, 0.4) is 0 Å². The average molecular weight is 258 g/mol. The normalized spacial score (nSPS) is 45.3. The molecular weight excluding hydrogens is 236 g/mol. The van der Waals surface area contributed by atoms with Crippen LogP contribution in [-0.4, -0.2) is 11.6 Å². The van der Waals surface area contributed by atoms with Crippen molar-refractivity contribution in [3.05, 3.63) is 11.6 Å². The number of ketones is 2. The third-order valence-corrected chi connectivity index (χ3v) is 6.27. The van der Waals surface area contributed by atoms with Crippen LogP contribution in [0.15, 0.2) is 11.6 Å². The second-order valence-corrected chi connectivity index (χ2v) is 7.02. The van der Waals surface area contributed by atoms with E-state index in [-0.39, 0.29) is 11.8 Å². The molecule has 0 N–H and O–H groups in total. The van der Waals surface area contributed by atoms with Gasteiger partial charge in [0.2, 0.25) is 0 Å². The van der Waals surface area contributed by atoms with Gasteiger partial charge in [0.25, 0.3) is 0 Å². The van der Waals surface area contributed by atoms with Gasteiger partial charge >= 0.3 is 0 Å². The fourth-order valence-electron chi connectivity index (χ4n) is 5.49. The van der Waals surface area contributed by atoms with E-state index in [4.69, 9.17) is 0 Å². The van der Waals surface area contributed by atoms with Crippen LogP contribution >= 0.6 is 0 Å². The number of allylic oxidation sites excluding steroid dienone is 2. The van der Waals surface area contributed by atoms with Crippen molar-refractivity contribution in [1.29, 1.82) is 0 Å². The molecule has 2 nitrogen and oxygen atoms in total. The van der Waals surface area contributed by atoms with Gasteiger partial charge in [-0.1, -0.05) is 12.0 Å². The number of fused-ring (bicyclic) bond motifs is 5. The van der Waals surface area contributed by atoms with Crippen molar-refractivity contribution in [3.8, 4) is 0 Å². The second kappa shape index (κ2) is 4.29. The Labute approximate surface area is 114 Å². The molecule has 5 unspecified atom stereocenters. The van der Waals surface area contributed by atoms with Gasteiger partial charge in [-0.25, -0.2) is 0 Å². The predicted octanol–water partition coefficient (Wildman–Crippen LogP) is 3.31. The molecule has 0 saturated heterocycles. The first-order valence-corrected chi connectivity index (χ1v) is 8.03. The molecule has 2 heteroatoms. The molecule has 3 fully saturated rings. The Morgan fingerprint density at radius 3 is 2.58 bits per heavy atom. The lowest BCUT2D eigenvalue weighted by Gasteiger charge is -2.46. The molecule has 0 aromatic carbocycles. The number of rotatable bonds is 0. The Bertz CT molecular complexity index is 462. The lowest BCUT2D eigenvalue weighted by Crippen LogP contribution is -2.45. The van der Waals surface area contributed by atoms with E-state index in [1.165, 1.54) is 24.8 Å². The molecule has 5 atom stereocenters. The number of hydrogen-bond acceptors (Lipinski definition) is 2. The fraction of sp³-hybridized carbons (Fsp3) is 0.765. The van der Waals surface area contributed by atoms with Crippen LogP contribution in [-0.2, 0) is 9.59 Å². The Morgan fingerprint density at radius 2 is 1.68 bits per heavy atom. The molecule has 0 bridgehead atoms. The molecule has 0 amide bonds. The van der Waals surface area contributed by atoms with E-state index < -0.39 is 0 Å². The zero-order valence-corrected chi connectivity index (χ0v) is 11.4. The van der Waals surface area contributed by atoms with Gasteiger partial charge in [-0.05, 0) is 62.4 Å². The van der Waals surface area contributed by atoms with E-state index in [0.29, 0.717) is 29.3 Å². The Kier molecular flexibility index (Phi) is 2.68. The molecule has 0 aromatic heterocycles. The maximum Gasteiger partial charge on any atom is 0.159 e. The summed E-state index contributed by atoms with van der Waals surface area (Å²) in [5.74, 6) is 2.85. The molecule has 0 aliphatic heterocycles. The van der Waals surface area contributed by atoms with Crippen molar-refractivity contribution in [1.82, 2.24) is 0 Å². The minimum Gasteiger partial charge on any atom is -0.299 e. The first kappa shape index (κ1) is 11.9. The summed E-state index contributed by atoms with van der Waals surface area (Å²) in [4.78, 5) is 24.5. The SMILES string of the molecule is O=C1CCC2C1CCC1C3CCCCC3=CC(=O)C21. The molecule has 3 saturated carbocycles. The summed E-state index contributed by atoms with van der Waals surface area (Å²) < 4.78 is 0. The van der Waals surface area contributed by atoms with Crippen LogP contribution in [0.25, 0.3) is 0 Å². The highest BCUT2D eigenvalue weighted by Gasteiger charge is 2.52. The summed E-state index contributed by atoms with van der Waals surface area (Å²) in [7, 11) is 0. The van der Waals surface area contributed by atoms with Gasteiger partial charge in [0.1, 0.15) is 5.78 Å². The number of hydrogen-bond donors (Lipinski definition) is 0. The fourth-order valence-corrected chi connectivity index (χ4v) is 5.49. The van der Waals surface area contributed by atoms with E-state index in [1.807, 2.05) is 6.08 Å². The lowest BCUT2D eigenvalue weighted by molar-refractivity contribution is -0.129. The number of carbonyl (C=O) groups excluding carboxylic acids is 2. The second-order valence-electron chi connectivity index (χ2n) is 7.02. The van der Waals surface area contributed by atoms with Gasteiger partial charge in [-0.3, -0.25) is 9.59 Å². The van der Waals surface area contributed by atoms with E-state index in [0.717, 1.165) is 32.1 Å². The number of Topliss-reactive ketones (excluding diaryl/α,β-unsaturated/α-hetero) is 1. The van der Waals surface area contributed by atoms with Crippen LogP contribution in [0.5, 0.6) is 0 Å². The predicted molar refractivity (Wildman–Crippen MR) is 72.5 cm³/mol. The van der Waals surface area contributed by atoms with E-state index in [1.54, 1.807) is 0 Å². The smallest absolute Gasteiger partial charge is 0.159 e. The van der Waals surface area contributed by atoms with Crippen molar-refractivity contribution >= 4 is 11.6 Å². The van der Waals surface area contributed by atoms with Gasteiger partial charge in [0.05, 0.1) is 0 Å². The molecule has 19 heavy (non-hydrogen) atoms. The van der Waals surface area contributed by atoms with Gasteiger partial charge in [-0.15, -0.1) is 0 Å². The Hall–Kier alpha value is -0.920. The standard InChI is InChI=1S/C17H22O2/c18-15-8-7-14-12(15)5-6-13-11-4-2-1-3-10(11)9-16(19)17(13)14/h9,11-14,17H,1-8H2. The first-order valence-electron chi connectivity index (χ1n) is 8.03. The van der Waals surface area contributed by atoms with Gasteiger partial charge < -0.3 is 0 Å². The maximum atomic E-state index is 12.5. The zero-order chi connectivity index (χ0) is 13.0. The average Bonchev–Trinajstić information content (AvgIpc) is 2.80. The van der Waals surface area contributed by atoms with E-state index in [9.17, 15) is 9.59 Å². The summed E-state index contributed by atoms with van der Waals surface area (Å²) in [6.45, 7) is 0. The lowest BCUT2D eigenvalue weighted by atomic mass is 9.56. The summed E-state index contributed by atoms with van der Waals surface area (Å²) in [5, 5.41) is 0. The summed E-state index contributed by atoms with van der Waals surface area (Å²) in [5.41, 5.74) is 1.44. The van der Waals surface area contributed by atoms with E-state index in [2.05, 4.69) is 0 Å². The van der Waals surface area contributed by atoms with Crippen LogP contribution in [0.2, 0.25) is 0 Å². The molecule has 4 aliphatic carbocycles. The summed E-state index contributed by atoms with van der Waals surface area (Å²) >= 11 is 0. The van der Waals surface area contributed by atoms with Crippen molar-refractivity contribution in [2.24, 2.45) is 29.6 Å². The third kappa shape index (κ3) is 1.68. The number of carbonyl (C=O) groups is 2. The van der Waals surface area contributed by atoms with Crippen LogP contribution in [0.1, 0.15) is 51.4 Å². The minimum atomic E-state index is 0.192. The van der Waals surface area contributed by atoms with Crippen LogP contribution in [0, 0.1) is 29.6 Å². The molecule has 4 aliphatic rings. The summed E-state index contributed by atoms with van der Waals surface area (Å²) in [6.07, 6.45) is 10.9. The molecule has 0 heterocycles. The topological polar surface area (TPSA) is 34.1 Å². The highest BCUT2D eigenvalue weighted by atomic mass is 16.1. The highest BCUT2D eigenvalue weighted by Crippen LogP contribution is 2.54. The monoisotopic (exact) mass is 258 g/mol. The van der Waals surface area contributed by atoms with Crippen molar-refractivity contribution in [3.63, 3.8) is 0 Å². The molecule has 102 valence electrons. The largest absolute Gasteiger partial charge is 0.299 e. The molecular formula is C17H22O2. The van der Waals surface area contributed by atoms with Gasteiger partial charge in [0, 0.05) is 18.3 Å². The highest BCUT2D eigenvalue weighted by molar-refractivity contribution is 5.95. The van der Waals surface area contributed by atoms with Crippen LogP contribution < -0.4 is 0 Å². The summed E-state index contributed by atoms with van der Waals surface area (Å²) in [6, 6.07) is 0.